The molecule has 0 heterocycles. The van der Waals surface area contributed by atoms with Gasteiger partial charge in [-0.15, -0.1) is 0 Å². The summed E-state index contributed by atoms with van der Waals surface area (Å²) in [6.45, 7) is -0.380. The van der Waals surface area contributed by atoms with Crippen molar-refractivity contribution in [3.05, 3.63) is 35.4 Å². The molecule has 1 rings (SSSR count). The maximum absolute atomic E-state index is 11.8. The maximum atomic E-state index is 11.8. The molecular weight excluding hydrogens is 308 g/mol. The fourth-order valence-corrected chi connectivity index (χ4v) is 2.31. The molecule has 0 aromatic heterocycles. The summed E-state index contributed by atoms with van der Waals surface area (Å²) < 4.78 is 0. The Balaban J connectivity index is 2.31. The van der Waals surface area contributed by atoms with Crippen LogP contribution in [0.1, 0.15) is 48.0 Å². The van der Waals surface area contributed by atoms with E-state index in [1.54, 1.807) is 37.2 Å². The third kappa shape index (κ3) is 7.76. The zero-order valence-corrected chi connectivity index (χ0v) is 14.4. The number of nitrogens with one attached hydrogen (secondary N) is 1. The first kappa shape index (κ1) is 19.7. The quantitative estimate of drug-likeness (QED) is 0.641. The van der Waals surface area contributed by atoms with Crippen LogP contribution in [0.4, 0.5) is 0 Å². The number of unbranched alkanes of at least 4 members (excludes halogenated alkanes) is 3. The van der Waals surface area contributed by atoms with Gasteiger partial charge in [-0.3, -0.25) is 14.4 Å². The molecule has 132 valence electrons. The van der Waals surface area contributed by atoms with E-state index in [4.69, 9.17) is 5.11 Å². The highest BCUT2D eigenvalue weighted by atomic mass is 16.4. The van der Waals surface area contributed by atoms with Crippen LogP contribution in [0.2, 0.25) is 0 Å². The van der Waals surface area contributed by atoms with Gasteiger partial charge >= 0.3 is 5.97 Å². The monoisotopic (exact) mass is 334 g/mol. The van der Waals surface area contributed by atoms with Gasteiger partial charge in [-0.25, -0.2) is 0 Å². The van der Waals surface area contributed by atoms with E-state index in [-0.39, 0.29) is 18.4 Å². The Kier molecular flexibility index (Phi) is 8.54. The van der Waals surface area contributed by atoms with Gasteiger partial charge in [0.1, 0.15) is 6.54 Å². The molecule has 0 aliphatic rings. The number of carboxylic acids is 1. The number of benzene rings is 1. The van der Waals surface area contributed by atoms with Crippen molar-refractivity contribution in [2.24, 2.45) is 0 Å². The average Bonchev–Trinajstić information content (AvgIpc) is 2.55. The van der Waals surface area contributed by atoms with E-state index < -0.39 is 5.97 Å². The lowest BCUT2D eigenvalue weighted by molar-refractivity contribution is -0.135. The van der Waals surface area contributed by atoms with Crippen molar-refractivity contribution in [1.29, 1.82) is 0 Å². The molecule has 0 radical (unpaired) electrons. The Morgan fingerprint density at radius 2 is 1.79 bits per heavy atom. The number of hydrogen-bond acceptors (Lipinski definition) is 3. The number of hydrogen-bond donors (Lipinski definition) is 2. The Labute approximate surface area is 142 Å². The number of nitrogens with zero attached hydrogens (tertiary/aromatic N) is 1. The highest BCUT2D eigenvalue weighted by Crippen LogP contribution is 2.11. The van der Waals surface area contributed by atoms with Crippen LogP contribution in [-0.4, -0.2) is 48.4 Å². The summed E-state index contributed by atoms with van der Waals surface area (Å²) in [5.41, 5.74) is 1.53. The Morgan fingerprint density at radius 1 is 1.08 bits per heavy atom. The number of carbonyl (C=O) groups is 3. The molecule has 0 fully saturated rings. The minimum atomic E-state index is -1.06. The van der Waals surface area contributed by atoms with Gasteiger partial charge in [0.25, 0.3) is 5.91 Å². The lowest BCUT2D eigenvalue weighted by Crippen LogP contribution is -2.29. The summed E-state index contributed by atoms with van der Waals surface area (Å²) >= 11 is 0. The standard InChI is InChI=1S/C18H26N2O4/c1-20(2)16(21)11-6-4-3-5-8-14-9-7-10-15(12-14)18(24)19-13-17(22)23/h7,9-10,12H,3-6,8,11,13H2,1-2H3,(H,19,24)(H,22,23). The van der Waals surface area contributed by atoms with Crippen molar-refractivity contribution < 1.29 is 19.5 Å². The third-order valence-corrected chi connectivity index (χ3v) is 3.69. The molecule has 0 saturated carbocycles. The van der Waals surface area contributed by atoms with E-state index in [2.05, 4.69) is 5.32 Å². The van der Waals surface area contributed by atoms with Crippen molar-refractivity contribution in [3.63, 3.8) is 0 Å². The van der Waals surface area contributed by atoms with E-state index in [9.17, 15) is 14.4 Å². The normalized spacial score (nSPS) is 10.2. The van der Waals surface area contributed by atoms with Gasteiger partial charge < -0.3 is 15.3 Å². The predicted octanol–water partition coefficient (Wildman–Crippen LogP) is 2.08. The number of carbonyl (C=O) groups excluding carboxylic acids is 2. The van der Waals surface area contributed by atoms with Crippen molar-refractivity contribution >= 4 is 17.8 Å². The number of rotatable bonds is 10. The van der Waals surface area contributed by atoms with Crippen LogP contribution in [0.15, 0.2) is 24.3 Å². The van der Waals surface area contributed by atoms with E-state index in [1.165, 1.54) is 0 Å². The van der Waals surface area contributed by atoms with E-state index >= 15 is 0 Å². The van der Waals surface area contributed by atoms with Crippen LogP contribution >= 0.6 is 0 Å². The molecule has 0 unspecified atom stereocenters. The number of amides is 2. The number of aliphatic carboxylic acids is 1. The fourth-order valence-electron chi connectivity index (χ4n) is 2.31. The summed E-state index contributed by atoms with van der Waals surface area (Å²) in [5.74, 6) is -1.27. The van der Waals surface area contributed by atoms with Crippen molar-refractivity contribution in [2.45, 2.75) is 38.5 Å². The predicted molar refractivity (Wildman–Crippen MR) is 91.9 cm³/mol. The lowest BCUT2D eigenvalue weighted by atomic mass is 10.0. The summed E-state index contributed by atoms with van der Waals surface area (Å²) in [6.07, 6.45) is 5.40. The molecular formula is C18H26N2O4. The SMILES string of the molecule is CN(C)C(=O)CCCCCCc1cccc(C(=O)NCC(=O)O)c1. The van der Waals surface area contributed by atoms with Gasteiger partial charge in [-0.1, -0.05) is 25.0 Å². The van der Waals surface area contributed by atoms with Gasteiger partial charge in [-0.05, 0) is 37.0 Å². The fraction of sp³-hybridized carbons (Fsp3) is 0.500. The first-order valence-electron chi connectivity index (χ1n) is 8.19. The van der Waals surface area contributed by atoms with Crippen molar-refractivity contribution in [3.8, 4) is 0 Å². The van der Waals surface area contributed by atoms with Crippen LogP contribution < -0.4 is 5.32 Å². The van der Waals surface area contributed by atoms with E-state index in [0.29, 0.717) is 12.0 Å². The second-order valence-electron chi connectivity index (χ2n) is 5.98. The van der Waals surface area contributed by atoms with Crippen molar-refractivity contribution in [1.82, 2.24) is 10.2 Å². The van der Waals surface area contributed by atoms with Crippen molar-refractivity contribution in [2.75, 3.05) is 20.6 Å². The summed E-state index contributed by atoms with van der Waals surface area (Å²) in [5, 5.41) is 10.9. The molecule has 0 spiro atoms. The zero-order valence-electron chi connectivity index (χ0n) is 14.4. The molecule has 0 saturated heterocycles. The number of aryl methyl sites for hydroxylation is 1. The molecule has 6 heteroatoms. The molecule has 1 aromatic rings. The molecule has 2 amide bonds. The molecule has 6 nitrogen and oxygen atoms in total. The largest absolute Gasteiger partial charge is 0.480 e. The molecule has 0 atom stereocenters. The molecule has 0 aliphatic heterocycles. The third-order valence-electron chi connectivity index (χ3n) is 3.69. The van der Waals surface area contributed by atoms with Gasteiger partial charge in [-0.2, -0.15) is 0 Å². The lowest BCUT2D eigenvalue weighted by Gasteiger charge is -2.09. The van der Waals surface area contributed by atoms with Gasteiger partial charge in [0.2, 0.25) is 5.91 Å². The van der Waals surface area contributed by atoms with E-state index in [0.717, 1.165) is 37.7 Å². The highest BCUT2D eigenvalue weighted by Gasteiger charge is 2.08. The van der Waals surface area contributed by atoms with Gasteiger partial charge in [0.15, 0.2) is 0 Å². The minimum Gasteiger partial charge on any atom is -0.480 e. The second-order valence-corrected chi connectivity index (χ2v) is 5.98. The summed E-state index contributed by atoms with van der Waals surface area (Å²) in [7, 11) is 3.53. The minimum absolute atomic E-state index is 0.162. The maximum Gasteiger partial charge on any atom is 0.322 e. The molecule has 2 N–H and O–H groups in total. The van der Waals surface area contributed by atoms with Gasteiger partial charge in [0.05, 0.1) is 0 Å². The molecule has 0 aliphatic carbocycles. The van der Waals surface area contributed by atoms with Crippen LogP contribution in [0.3, 0.4) is 0 Å². The molecule has 1 aromatic carbocycles. The summed E-state index contributed by atoms with van der Waals surface area (Å²) in [6, 6.07) is 7.24. The smallest absolute Gasteiger partial charge is 0.322 e. The number of carboxylic acid groups (broad SMARTS) is 1. The van der Waals surface area contributed by atoms with Gasteiger partial charge in [0, 0.05) is 26.1 Å². The van der Waals surface area contributed by atoms with Crippen LogP contribution in [-0.2, 0) is 16.0 Å². The first-order valence-corrected chi connectivity index (χ1v) is 8.19. The zero-order chi connectivity index (χ0) is 17.9. The Morgan fingerprint density at radius 3 is 2.46 bits per heavy atom. The van der Waals surface area contributed by atoms with Crippen LogP contribution in [0.25, 0.3) is 0 Å². The average molecular weight is 334 g/mol. The second kappa shape index (κ2) is 10.4. The van der Waals surface area contributed by atoms with E-state index in [1.807, 2.05) is 6.07 Å². The Hall–Kier alpha value is -2.37. The molecule has 0 bridgehead atoms. The first-order chi connectivity index (χ1) is 11.4. The van der Waals surface area contributed by atoms with Crippen LogP contribution in [0, 0.1) is 0 Å². The topological polar surface area (TPSA) is 86.7 Å². The van der Waals surface area contributed by atoms with Crippen LogP contribution in [0.5, 0.6) is 0 Å². The Bertz CT molecular complexity index is 570. The highest BCUT2D eigenvalue weighted by molar-refractivity contribution is 5.95. The summed E-state index contributed by atoms with van der Waals surface area (Å²) in [4.78, 5) is 35.4. The molecule has 24 heavy (non-hydrogen) atoms.